The van der Waals surface area contributed by atoms with Gasteiger partial charge in [-0.15, -0.1) is 0 Å². The van der Waals surface area contributed by atoms with E-state index in [-0.39, 0.29) is 36.7 Å². The molecule has 0 spiro atoms. The van der Waals surface area contributed by atoms with Crippen molar-refractivity contribution in [3.05, 3.63) is 35.4 Å². The molecule has 4 atom stereocenters. The van der Waals surface area contributed by atoms with Crippen molar-refractivity contribution in [2.75, 3.05) is 6.54 Å². The van der Waals surface area contributed by atoms with Crippen molar-refractivity contribution in [3.8, 4) is 6.07 Å². The molecule has 0 radical (unpaired) electrons. The van der Waals surface area contributed by atoms with E-state index in [1.807, 2.05) is 27.7 Å². The molecule has 180 valence electrons. The molecule has 1 fully saturated rings. The van der Waals surface area contributed by atoms with E-state index in [0.717, 1.165) is 5.56 Å². The quantitative estimate of drug-likeness (QED) is 0.627. The van der Waals surface area contributed by atoms with Gasteiger partial charge >= 0.3 is 0 Å². The lowest BCUT2D eigenvalue weighted by atomic mass is 9.84. The highest BCUT2D eigenvalue weighted by Crippen LogP contribution is 2.28. The van der Waals surface area contributed by atoms with Crippen LogP contribution in [0.3, 0.4) is 0 Å². The largest absolute Gasteiger partial charge is 0.391 e. The molecule has 1 aromatic carbocycles. The highest BCUT2D eigenvalue weighted by atomic mass is 16.3. The maximum Gasteiger partial charge on any atom is 0.246 e. The second-order valence-electron chi connectivity index (χ2n) is 10.9. The fourth-order valence-electron chi connectivity index (χ4n) is 3.71. The summed E-state index contributed by atoms with van der Waals surface area (Å²) >= 11 is 0. The molecular weight excluding hydrogens is 420 g/mol. The van der Waals surface area contributed by atoms with Gasteiger partial charge in [0, 0.05) is 18.4 Å². The summed E-state index contributed by atoms with van der Waals surface area (Å²) in [5.41, 5.74) is 0.0755. The number of likely N-dealkylation sites (tertiary alicyclic amines) is 1. The van der Waals surface area contributed by atoms with E-state index in [1.165, 1.54) is 4.90 Å². The van der Waals surface area contributed by atoms with Crippen LogP contribution in [0.1, 0.15) is 72.1 Å². The number of β-amino-alcohol motifs (C(OH)–C–C–N with tert-alkyl or cyclic N) is 1. The maximum absolute atomic E-state index is 13.5. The molecule has 8 nitrogen and oxygen atoms in total. The molecule has 3 N–H and O–H groups in total. The summed E-state index contributed by atoms with van der Waals surface area (Å²) in [4.78, 5) is 40.7. The Morgan fingerprint density at radius 1 is 1.09 bits per heavy atom. The van der Waals surface area contributed by atoms with Gasteiger partial charge in [0.25, 0.3) is 0 Å². The molecule has 33 heavy (non-hydrogen) atoms. The topological polar surface area (TPSA) is 123 Å². The average molecular weight is 457 g/mol. The average Bonchev–Trinajstić information content (AvgIpc) is 3.11. The first-order valence-electron chi connectivity index (χ1n) is 11.2. The van der Waals surface area contributed by atoms with Crippen LogP contribution in [0.25, 0.3) is 0 Å². The Kier molecular flexibility index (Phi) is 7.91. The Balaban J connectivity index is 2.21. The van der Waals surface area contributed by atoms with Crippen LogP contribution >= 0.6 is 0 Å². The fraction of sp³-hybridized carbons (Fsp3) is 0.600. The molecule has 0 bridgehead atoms. The lowest BCUT2D eigenvalue weighted by molar-refractivity contribution is -0.145. The van der Waals surface area contributed by atoms with Crippen LogP contribution < -0.4 is 10.6 Å². The minimum absolute atomic E-state index is 0.0279. The van der Waals surface area contributed by atoms with Crippen molar-refractivity contribution in [2.45, 2.75) is 79.1 Å². The summed E-state index contributed by atoms with van der Waals surface area (Å²) < 4.78 is 0. The predicted molar refractivity (Wildman–Crippen MR) is 125 cm³/mol. The number of rotatable bonds is 5. The minimum atomic E-state index is -0.847. The van der Waals surface area contributed by atoms with Crippen LogP contribution in [0.2, 0.25) is 0 Å². The number of benzene rings is 1. The Bertz CT molecular complexity index is 922. The first-order chi connectivity index (χ1) is 15.1. The van der Waals surface area contributed by atoms with Crippen LogP contribution in [0.4, 0.5) is 0 Å². The molecule has 0 saturated carbocycles. The number of hydrogen-bond acceptors (Lipinski definition) is 5. The molecule has 1 aliphatic rings. The summed E-state index contributed by atoms with van der Waals surface area (Å²) in [5, 5.41) is 25.0. The third kappa shape index (κ3) is 6.55. The number of hydrogen-bond donors (Lipinski definition) is 3. The van der Waals surface area contributed by atoms with Crippen LogP contribution in [0.5, 0.6) is 0 Å². The van der Waals surface area contributed by atoms with Crippen molar-refractivity contribution < 1.29 is 19.5 Å². The summed E-state index contributed by atoms with van der Waals surface area (Å²) in [6, 6.07) is 6.92. The minimum Gasteiger partial charge on any atom is -0.391 e. The number of carbonyl (C=O) groups is 3. The number of aliphatic hydroxyl groups excluding tert-OH is 1. The normalized spacial score (nSPS) is 20.5. The molecule has 1 saturated heterocycles. The number of amides is 3. The summed E-state index contributed by atoms with van der Waals surface area (Å²) in [6.07, 6.45) is -0.698. The monoisotopic (exact) mass is 456 g/mol. The van der Waals surface area contributed by atoms with Gasteiger partial charge in [0.05, 0.1) is 23.8 Å². The lowest BCUT2D eigenvalue weighted by Gasteiger charge is -2.36. The number of nitriles is 1. The van der Waals surface area contributed by atoms with E-state index >= 15 is 0 Å². The van der Waals surface area contributed by atoms with Gasteiger partial charge in [0.2, 0.25) is 17.7 Å². The van der Waals surface area contributed by atoms with Crippen molar-refractivity contribution in [3.63, 3.8) is 0 Å². The molecule has 4 unspecified atom stereocenters. The molecule has 1 aromatic rings. The van der Waals surface area contributed by atoms with Crippen LogP contribution in [0.15, 0.2) is 24.3 Å². The van der Waals surface area contributed by atoms with Gasteiger partial charge in [-0.1, -0.05) is 53.7 Å². The molecule has 0 aliphatic carbocycles. The lowest BCUT2D eigenvalue weighted by Crippen LogP contribution is -2.59. The van der Waals surface area contributed by atoms with Gasteiger partial charge in [-0.25, -0.2) is 0 Å². The van der Waals surface area contributed by atoms with Gasteiger partial charge in [0.1, 0.15) is 12.1 Å². The van der Waals surface area contributed by atoms with Crippen molar-refractivity contribution in [2.24, 2.45) is 10.8 Å². The summed E-state index contributed by atoms with van der Waals surface area (Å²) in [6.45, 7) is 12.7. The summed E-state index contributed by atoms with van der Waals surface area (Å²) in [5.74, 6) is -1.01. The van der Waals surface area contributed by atoms with Gasteiger partial charge in [-0.05, 0) is 30.0 Å². The number of nitrogens with zero attached hydrogens (tertiary/aromatic N) is 2. The van der Waals surface area contributed by atoms with Gasteiger partial charge in [-0.2, -0.15) is 5.26 Å². The third-order valence-corrected chi connectivity index (χ3v) is 5.83. The Morgan fingerprint density at radius 2 is 1.67 bits per heavy atom. The first-order valence-corrected chi connectivity index (χ1v) is 11.2. The van der Waals surface area contributed by atoms with Crippen LogP contribution in [-0.4, -0.2) is 52.5 Å². The zero-order valence-corrected chi connectivity index (χ0v) is 20.6. The Labute approximate surface area is 196 Å². The van der Waals surface area contributed by atoms with E-state index in [2.05, 4.69) is 16.7 Å². The Hall–Kier alpha value is -2.92. The van der Waals surface area contributed by atoms with Crippen molar-refractivity contribution >= 4 is 17.7 Å². The molecule has 8 heteroatoms. The number of aliphatic hydroxyl groups is 1. The smallest absolute Gasteiger partial charge is 0.246 e. The van der Waals surface area contributed by atoms with Gasteiger partial charge in [0.15, 0.2) is 0 Å². The first kappa shape index (κ1) is 26.3. The van der Waals surface area contributed by atoms with Crippen LogP contribution in [0, 0.1) is 22.2 Å². The van der Waals surface area contributed by atoms with E-state index in [0.29, 0.717) is 5.56 Å². The number of nitrogens with one attached hydrogen (secondary N) is 2. The highest BCUT2D eigenvalue weighted by molar-refractivity contribution is 5.94. The van der Waals surface area contributed by atoms with E-state index in [1.54, 1.807) is 45.0 Å². The molecule has 2 rings (SSSR count). The fourth-order valence-corrected chi connectivity index (χ4v) is 3.71. The molecule has 3 amide bonds. The molecule has 1 aliphatic heterocycles. The molecule has 0 aromatic heterocycles. The van der Waals surface area contributed by atoms with Gasteiger partial charge < -0.3 is 20.6 Å². The van der Waals surface area contributed by atoms with E-state index in [4.69, 9.17) is 5.26 Å². The maximum atomic E-state index is 13.5. The van der Waals surface area contributed by atoms with Crippen LogP contribution in [-0.2, 0) is 14.4 Å². The highest BCUT2D eigenvalue weighted by Gasteiger charge is 2.45. The summed E-state index contributed by atoms with van der Waals surface area (Å²) in [7, 11) is 0. The second kappa shape index (κ2) is 9.92. The third-order valence-electron chi connectivity index (χ3n) is 5.83. The Morgan fingerprint density at radius 3 is 2.15 bits per heavy atom. The van der Waals surface area contributed by atoms with Gasteiger partial charge in [-0.3, -0.25) is 14.4 Å². The standard InChI is InChI=1S/C25H36N4O4/c1-15(17-10-8-16(13-26)9-11-17)27-21(31)19-12-18(30)14-29(19)22(32)20(24(2,3)4)28-23(33)25(5,6)7/h8-11,15,18-20,30H,12,14H2,1-7H3,(H,27,31)(H,28,33). The van der Waals surface area contributed by atoms with Crippen molar-refractivity contribution in [1.82, 2.24) is 15.5 Å². The predicted octanol–water partition coefficient (Wildman–Crippen LogP) is 2.27. The number of carbonyl (C=O) groups excluding carboxylic acids is 3. The second-order valence-corrected chi connectivity index (χ2v) is 10.9. The van der Waals surface area contributed by atoms with Crippen molar-refractivity contribution in [1.29, 1.82) is 5.26 Å². The molecular formula is C25H36N4O4. The zero-order chi connectivity index (χ0) is 25.1. The SMILES string of the molecule is CC(NC(=O)C1CC(O)CN1C(=O)C(NC(=O)C(C)(C)C)C(C)(C)C)c1ccc(C#N)cc1. The van der Waals surface area contributed by atoms with E-state index < -0.39 is 29.0 Å². The van der Waals surface area contributed by atoms with E-state index in [9.17, 15) is 19.5 Å². The molecule has 1 heterocycles. The zero-order valence-electron chi connectivity index (χ0n) is 20.6.